The summed E-state index contributed by atoms with van der Waals surface area (Å²) >= 11 is 1.74. The molecule has 2 N–H and O–H groups in total. The highest BCUT2D eigenvalue weighted by molar-refractivity contribution is 7.11. The third-order valence-corrected chi connectivity index (χ3v) is 6.64. The maximum Gasteiger partial charge on any atom is 0.191 e. The van der Waals surface area contributed by atoms with E-state index in [-0.39, 0.29) is 0 Å². The van der Waals surface area contributed by atoms with E-state index in [1.54, 1.807) is 11.3 Å². The summed E-state index contributed by atoms with van der Waals surface area (Å²) in [5.41, 5.74) is 2.53. The molecular weight excluding hydrogens is 392 g/mol. The Morgan fingerprint density at radius 3 is 2.70 bits per heavy atom. The standard InChI is InChI=1S/C23H36N6S/c1-5-24-23(26-16-22-27-18(2)19(3)30-22)25-12-9-13-29-15-14-28(4)17-21(29)20-10-7-6-8-11-20/h6-8,10-11,21H,5,9,12-17H2,1-4H3,(H2,24,25,26). The number of hydrogen-bond donors (Lipinski definition) is 2. The van der Waals surface area contributed by atoms with Crippen molar-refractivity contribution < 1.29 is 0 Å². The van der Waals surface area contributed by atoms with E-state index in [9.17, 15) is 0 Å². The molecule has 1 aromatic carbocycles. The lowest BCUT2D eigenvalue weighted by Gasteiger charge is -2.40. The Hall–Kier alpha value is -1.96. The third-order valence-electron chi connectivity index (χ3n) is 5.58. The van der Waals surface area contributed by atoms with Crippen molar-refractivity contribution in [2.24, 2.45) is 4.99 Å². The number of piperazine rings is 1. The normalized spacial score (nSPS) is 18.5. The largest absolute Gasteiger partial charge is 0.357 e. The van der Waals surface area contributed by atoms with Gasteiger partial charge in [-0.1, -0.05) is 30.3 Å². The van der Waals surface area contributed by atoms with Crippen molar-refractivity contribution in [3.8, 4) is 0 Å². The lowest BCUT2D eigenvalue weighted by molar-refractivity contribution is 0.0891. The summed E-state index contributed by atoms with van der Waals surface area (Å²) in [5, 5.41) is 7.92. The highest BCUT2D eigenvalue weighted by Crippen LogP contribution is 2.24. The van der Waals surface area contributed by atoms with Gasteiger partial charge in [0, 0.05) is 50.2 Å². The van der Waals surface area contributed by atoms with Gasteiger partial charge < -0.3 is 15.5 Å². The molecule has 6 nitrogen and oxygen atoms in total. The van der Waals surface area contributed by atoms with E-state index in [4.69, 9.17) is 4.99 Å². The van der Waals surface area contributed by atoms with Gasteiger partial charge in [0.1, 0.15) is 5.01 Å². The maximum atomic E-state index is 4.72. The van der Waals surface area contributed by atoms with Crippen molar-refractivity contribution >= 4 is 17.3 Å². The van der Waals surface area contributed by atoms with Gasteiger partial charge in [-0.3, -0.25) is 4.90 Å². The summed E-state index contributed by atoms with van der Waals surface area (Å²) in [6.45, 7) is 13.1. The molecule has 0 spiro atoms. The number of guanidine groups is 1. The molecule has 0 saturated carbocycles. The SMILES string of the molecule is CCNC(=NCc1nc(C)c(C)s1)NCCCN1CCN(C)CC1c1ccccc1. The number of hydrogen-bond acceptors (Lipinski definition) is 5. The average molecular weight is 429 g/mol. The molecule has 1 aromatic heterocycles. The minimum Gasteiger partial charge on any atom is -0.357 e. The molecule has 1 aliphatic rings. The summed E-state index contributed by atoms with van der Waals surface area (Å²) in [6.07, 6.45) is 1.09. The molecule has 0 aliphatic carbocycles. The molecule has 2 aromatic rings. The van der Waals surface area contributed by atoms with Gasteiger partial charge in [0.05, 0.1) is 12.2 Å². The van der Waals surface area contributed by atoms with Crippen molar-refractivity contribution in [1.29, 1.82) is 0 Å². The van der Waals surface area contributed by atoms with Crippen LogP contribution in [0.3, 0.4) is 0 Å². The van der Waals surface area contributed by atoms with Crippen LogP contribution in [-0.2, 0) is 6.54 Å². The van der Waals surface area contributed by atoms with Crippen LogP contribution in [0.4, 0.5) is 0 Å². The minimum atomic E-state index is 0.475. The Balaban J connectivity index is 1.50. The number of nitrogens with zero attached hydrogens (tertiary/aromatic N) is 4. The zero-order valence-corrected chi connectivity index (χ0v) is 19.6. The van der Waals surface area contributed by atoms with E-state index in [2.05, 4.69) is 83.6 Å². The van der Waals surface area contributed by atoms with Gasteiger partial charge in [-0.15, -0.1) is 11.3 Å². The van der Waals surface area contributed by atoms with Crippen LogP contribution in [-0.4, -0.2) is 67.1 Å². The van der Waals surface area contributed by atoms with Crippen LogP contribution < -0.4 is 10.6 Å². The van der Waals surface area contributed by atoms with E-state index in [0.717, 1.165) is 62.4 Å². The van der Waals surface area contributed by atoms with Crippen LogP contribution in [0.2, 0.25) is 0 Å². The molecule has 1 aliphatic heterocycles. The van der Waals surface area contributed by atoms with Gasteiger partial charge in [0.2, 0.25) is 0 Å². The number of aromatic nitrogens is 1. The van der Waals surface area contributed by atoms with Gasteiger partial charge >= 0.3 is 0 Å². The molecule has 7 heteroatoms. The Morgan fingerprint density at radius 2 is 2.00 bits per heavy atom. The van der Waals surface area contributed by atoms with Crippen molar-refractivity contribution in [3.63, 3.8) is 0 Å². The lowest BCUT2D eigenvalue weighted by atomic mass is 10.0. The molecule has 0 bridgehead atoms. The van der Waals surface area contributed by atoms with Crippen LogP contribution in [0.1, 0.15) is 40.5 Å². The molecule has 30 heavy (non-hydrogen) atoms. The van der Waals surface area contributed by atoms with Gasteiger partial charge in [-0.2, -0.15) is 0 Å². The summed E-state index contributed by atoms with van der Waals surface area (Å²) in [6, 6.07) is 11.4. The maximum absolute atomic E-state index is 4.72. The van der Waals surface area contributed by atoms with Gasteiger partial charge in [-0.05, 0) is 39.8 Å². The fourth-order valence-electron chi connectivity index (χ4n) is 3.80. The number of benzene rings is 1. The first-order chi connectivity index (χ1) is 14.6. The van der Waals surface area contributed by atoms with Crippen molar-refractivity contribution in [2.75, 3.05) is 46.3 Å². The van der Waals surface area contributed by atoms with Gasteiger partial charge in [-0.25, -0.2) is 9.98 Å². The zero-order valence-electron chi connectivity index (χ0n) is 18.8. The molecule has 0 radical (unpaired) electrons. The van der Waals surface area contributed by atoms with Gasteiger partial charge in [0.25, 0.3) is 0 Å². The molecule has 1 unspecified atom stereocenters. The van der Waals surface area contributed by atoms with Crippen LogP contribution in [0.15, 0.2) is 35.3 Å². The molecule has 1 saturated heterocycles. The molecule has 2 heterocycles. The number of thiazole rings is 1. The molecule has 1 fully saturated rings. The van der Waals surface area contributed by atoms with Crippen molar-refractivity contribution in [2.45, 2.75) is 39.8 Å². The summed E-state index contributed by atoms with van der Waals surface area (Å²) in [7, 11) is 2.22. The minimum absolute atomic E-state index is 0.475. The Bertz CT molecular complexity index is 784. The predicted octanol–water partition coefficient (Wildman–Crippen LogP) is 3.19. The highest BCUT2D eigenvalue weighted by atomic mass is 32.1. The molecular formula is C23H36N6S. The summed E-state index contributed by atoms with van der Waals surface area (Å²) < 4.78 is 0. The number of aryl methyl sites for hydroxylation is 2. The van der Waals surface area contributed by atoms with Crippen molar-refractivity contribution in [3.05, 3.63) is 51.5 Å². The first-order valence-electron chi connectivity index (χ1n) is 11.0. The van der Waals surface area contributed by atoms with Crippen LogP contribution in [0.5, 0.6) is 0 Å². The second kappa shape index (κ2) is 11.4. The Labute approximate surface area is 185 Å². The Kier molecular flexibility index (Phi) is 8.66. The number of likely N-dealkylation sites (N-methyl/N-ethyl adjacent to an activating group) is 1. The second-order valence-electron chi connectivity index (χ2n) is 7.95. The summed E-state index contributed by atoms with van der Waals surface area (Å²) in [5.74, 6) is 0.876. The molecule has 1 atom stereocenters. The summed E-state index contributed by atoms with van der Waals surface area (Å²) in [4.78, 5) is 15.6. The first kappa shape index (κ1) is 22.7. The molecule has 0 amide bonds. The number of rotatable bonds is 8. The number of nitrogens with one attached hydrogen (secondary N) is 2. The third kappa shape index (κ3) is 6.52. The molecule has 164 valence electrons. The second-order valence-corrected chi connectivity index (χ2v) is 9.24. The van der Waals surface area contributed by atoms with Crippen LogP contribution >= 0.6 is 11.3 Å². The Morgan fingerprint density at radius 1 is 1.20 bits per heavy atom. The fourth-order valence-corrected chi connectivity index (χ4v) is 4.66. The van der Waals surface area contributed by atoms with Crippen LogP contribution in [0.25, 0.3) is 0 Å². The van der Waals surface area contributed by atoms with Crippen molar-refractivity contribution in [1.82, 2.24) is 25.4 Å². The smallest absolute Gasteiger partial charge is 0.191 e. The first-order valence-corrected chi connectivity index (χ1v) is 11.8. The van der Waals surface area contributed by atoms with E-state index < -0.39 is 0 Å². The highest BCUT2D eigenvalue weighted by Gasteiger charge is 2.25. The van der Waals surface area contributed by atoms with E-state index in [1.165, 1.54) is 10.4 Å². The topological polar surface area (TPSA) is 55.8 Å². The zero-order chi connectivity index (χ0) is 21.3. The average Bonchev–Trinajstić information content (AvgIpc) is 3.08. The monoisotopic (exact) mass is 428 g/mol. The molecule has 3 rings (SSSR count). The predicted molar refractivity (Wildman–Crippen MR) is 127 cm³/mol. The quantitative estimate of drug-likeness (QED) is 0.384. The van der Waals surface area contributed by atoms with Gasteiger partial charge in [0.15, 0.2) is 5.96 Å². The number of aliphatic imine (C=N–C) groups is 1. The fraction of sp³-hybridized carbons (Fsp3) is 0.565. The van der Waals surface area contributed by atoms with Crippen LogP contribution in [0, 0.1) is 13.8 Å². The lowest BCUT2D eigenvalue weighted by Crippen LogP contribution is -2.47. The van der Waals surface area contributed by atoms with E-state index in [0.29, 0.717) is 12.6 Å². The van der Waals surface area contributed by atoms with E-state index >= 15 is 0 Å². The van der Waals surface area contributed by atoms with E-state index in [1.807, 2.05) is 0 Å².